The number of carbonyl (C=O) groups is 2. The molecule has 106 valence electrons. The van der Waals surface area contributed by atoms with Crippen LogP contribution in [0.1, 0.15) is 10.5 Å². The van der Waals surface area contributed by atoms with Gasteiger partial charge in [0.25, 0.3) is 0 Å². The molecule has 0 bridgehead atoms. The lowest BCUT2D eigenvalue weighted by molar-refractivity contribution is -0.136. The first kappa shape index (κ1) is 14.9. The predicted molar refractivity (Wildman–Crippen MR) is 50.9 cm³/mol. The van der Waals surface area contributed by atoms with Crippen LogP contribution in [0.2, 0.25) is 0 Å². The molecule has 0 fully saturated rings. The lowest BCUT2D eigenvalue weighted by Crippen LogP contribution is -2.42. The van der Waals surface area contributed by atoms with Crippen LogP contribution in [0.5, 0.6) is 0 Å². The van der Waals surface area contributed by atoms with Gasteiger partial charge in [-0.3, -0.25) is 4.79 Å². The number of carboxylic acid groups (broad SMARTS) is 1. The van der Waals surface area contributed by atoms with Crippen LogP contribution in [0.15, 0.2) is 6.20 Å². The number of hydrogen-bond donors (Lipinski definition) is 2. The summed E-state index contributed by atoms with van der Waals surface area (Å²) in [7, 11) is 0. The summed E-state index contributed by atoms with van der Waals surface area (Å²) in [5.41, 5.74) is -0.439. The Balaban J connectivity index is 2.49. The highest BCUT2D eigenvalue weighted by Gasteiger charge is 2.40. The van der Waals surface area contributed by atoms with E-state index in [0.717, 1.165) is 10.9 Å². The van der Waals surface area contributed by atoms with Crippen LogP contribution in [0.25, 0.3) is 0 Å². The van der Waals surface area contributed by atoms with Gasteiger partial charge in [0.15, 0.2) is 5.69 Å². The van der Waals surface area contributed by atoms with Crippen molar-refractivity contribution < 1.29 is 32.3 Å². The van der Waals surface area contributed by atoms with Gasteiger partial charge in [-0.2, -0.15) is 8.78 Å². The Bertz CT molecular complexity index is 476. The monoisotopic (exact) mass is 284 g/mol. The molecule has 0 radical (unpaired) electrons. The summed E-state index contributed by atoms with van der Waals surface area (Å²) in [6.45, 7) is -2.14. The molecule has 0 aliphatic carbocycles. The van der Waals surface area contributed by atoms with Crippen molar-refractivity contribution >= 4 is 11.9 Å². The summed E-state index contributed by atoms with van der Waals surface area (Å²) in [4.78, 5) is 21.6. The minimum atomic E-state index is -4.33. The predicted octanol–water partition coefficient (Wildman–Crippen LogP) is -0.00710. The van der Waals surface area contributed by atoms with Crippen LogP contribution >= 0.6 is 0 Å². The fraction of sp³-hybridized carbons (Fsp3) is 0.500. The summed E-state index contributed by atoms with van der Waals surface area (Å²) < 4.78 is 49.3. The molecule has 0 aliphatic heterocycles. The molecule has 0 spiro atoms. The van der Waals surface area contributed by atoms with Gasteiger partial charge < -0.3 is 10.4 Å². The number of halogens is 4. The SMILES string of the molecule is O=C(Cn1cc(C(=O)O)nn1)NCC(F)(F)C(F)F. The number of amides is 1. The van der Waals surface area contributed by atoms with Crippen molar-refractivity contribution in [3.8, 4) is 0 Å². The van der Waals surface area contributed by atoms with Crippen molar-refractivity contribution in [1.82, 2.24) is 20.3 Å². The number of alkyl halides is 4. The van der Waals surface area contributed by atoms with Crippen LogP contribution < -0.4 is 5.32 Å². The molecule has 0 aromatic carbocycles. The summed E-state index contributed by atoms with van der Waals surface area (Å²) in [6.07, 6.45) is -2.99. The van der Waals surface area contributed by atoms with Crippen LogP contribution in [-0.2, 0) is 11.3 Å². The Morgan fingerprint density at radius 3 is 2.58 bits per heavy atom. The Kier molecular flexibility index (Phi) is 4.40. The molecule has 0 saturated heterocycles. The van der Waals surface area contributed by atoms with E-state index in [2.05, 4.69) is 10.3 Å². The second kappa shape index (κ2) is 5.63. The van der Waals surface area contributed by atoms with Crippen molar-refractivity contribution in [2.24, 2.45) is 0 Å². The van der Waals surface area contributed by atoms with Gasteiger partial charge in [0.1, 0.15) is 6.54 Å². The highest BCUT2D eigenvalue weighted by molar-refractivity contribution is 5.84. The topological polar surface area (TPSA) is 97.1 Å². The molecule has 1 rings (SSSR count). The third-order valence-corrected chi connectivity index (χ3v) is 1.90. The summed E-state index contributed by atoms with van der Waals surface area (Å²) in [5, 5.41) is 16.5. The Labute approximate surface area is 103 Å². The summed E-state index contributed by atoms with van der Waals surface area (Å²) in [6, 6.07) is 0. The zero-order valence-corrected chi connectivity index (χ0v) is 9.19. The zero-order valence-electron chi connectivity index (χ0n) is 9.19. The van der Waals surface area contributed by atoms with Gasteiger partial charge >= 0.3 is 18.3 Å². The molecule has 11 heteroatoms. The molecular weight excluding hydrogens is 276 g/mol. The molecule has 0 atom stereocenters. The van der Waals surface area contributed by atoms with E-state index in [1.165, 1.54) is 0 Å². The van der Waals surface area contributed by atoms with E-state index in [-0.39, 0.29) is 0 Å². The second-order valence-corrected chi connectivity index (χ2v) is 3.44. The van der Waals surface area contributed by atoms with Crippen molar-refractivity contribution in [2.45, 2.75) is 18.9 Å². The fourth-order valence-electron chi connectivity index (χ4n) is 0.970. The second-order valence-electron chi connectivity index (χ2n) is 3.44. The third kappa shape index (κ3) is 4.19. The molecule has 19 heavy (non-hydrogen) atoms. The molecule has 0 saturated carbocycles. The zero-order chi connectivity index (χ0) is 14.6. The van der Waals surface area contributed by atoms with Crippen LogP contribution in [0, 0.1) is 0 Å². The molecule has 1 aromatic rings. The highest BCUT2D eigenvalue weighted by Crippen LogP contribution is 2.21. The van der Waals surface area contributed by atoms with E-state index >= 15 is 0 Å². The molecule has 1 amide bonds. The number of carbonyl (C=O) groups excluding carboxylic acids is 1. The van der Waals surface area contributed by atoms with Crippen LogP contribution in [0.4, 0.5) is 17.6 Å². The average molecular weight is 284 g/mol. The lowest BCUT2D eigenvalue weighted by Gasteiger charge is -2.15. The average Bonchev–Trinajstić information content (AvgIpc) is 2.75. The molecule has 7 nitrogen and oxygen atoms in total. The number of carboxylic acids is 1. The first-order chi connectivity index (χ1) is 8.72. The van der Waals surface area contributed by atoms with E-state index in [4.69, 9.17) is 5.11 Å². The van der Waals surface area contributed by atoms with Crippen molar-refractivity contribution in [2.75, 3.05) is 6.54 Å². The lowest BCUT2D eigenvalue weighted by atomic mass is 10.3. The number of hydrogen-bond acceptors (Lipinski definition) is 4. The summed E-state index contributed by atoms with van der Waals surface area (Å²) in [5.74, 6) is -6.73. The van der Waals surface area contributed by atoms with Crippen molar-refractivity contribution in [3.05, 3.63) is 11.9 Å². The largest absolute Gasteiger partial charge is 0.476 e. The van der Waals surface area contributed by atoms with Gasteiger partial charge in [0.05, 0.1) is 12.7 Å². The Morgan fingerprint density at radius 1 is 1.47 bits per heavy atom. The van der Waals surface area contributed by atoms with E-state index in [1.807, 2.05) is 0 Å². The van der Waals surface area contributed by atoms with Gasteiger partial charge in [0, 0.05) is 0 Å². The molecule has 1 heterocycles. The normalized spacial score (nSPS) is 11.6. The molecule has 2 N–H and O–H groups in total. The van der Waals surface area contributed by atoms with Crippen molar-refractivity contribution in [3.63, 3.8) is 0 Å². The van der Waals surface area contributed by atoms with Crippen molar-refractivity contribution in [1.29, 1.82) is 0 Å². The third-order valence-electron chi connectivity index (χ3n) is 1.90. The van der Waals surface area contributed by atoms with Crippen LogP contribution in [0.3, 0.4) is 0 Å². The van der Waals surface area contributed by atoms with Gasteiger partial charge in [-0.15, -0.1) is 5.10 Å². The smallest absolute Gasteiger partial charge is 0.358 e. The maximum atomic E-state index is 12.5. The molecule has 0 unspecified atom stereocenters. The molecular formula is C8H8F4N4O3. The van der Waals surface area contributed by atoms with E-state index in [1.54, 1.807) is 5.32 Å². The Morgan fingerprint density at radius 2 is 2.11 bits per heavy atom. The minimum Gasteiger partial charge on any atom is -0.476 e. The number of aromatic carboxylic acids is 1. The van der Waals surface area contributed by atoms with Gasteiger partial charge in [-0.25, -0.2) is 18.3 Å². The fourth-order valence-corrected chi connectivity index (χ4v) is 0.970. The maximum absolute atomic E-state index is 12.5. The maximum Gasteiger partial charge on any atom is 0.358 e. The number of rotatable bonds is 6. The van der Waals surface area contributed by atoms with Gasteiger partial charge in [0.2, 0.25) is 5.91 Å². The van der Waals surface area contributed by atoms with E-state index in [0.29, 0.717) is 0 Å². The first-order valence-electron chi connectivity index (χ1n) is 4.78. The van der Waals surface area contributed by atoms with Gasteiger partial charge in [-0.1, -0.05) is 5.21 Å². The number of nitrogens with zero attached hydrogens (tertiary/aromatic N) is 3. The quantitative estimate of drug-likeness (QED) is 0.716. The van der Waals surface area contributed by atoms with Crippen LogP contribution in [-0.4, -0.2) is 50.9 Å². The minimum absolute atomic E-state index is 0.439. The standard InChI is InChI=1S/C8H8F4N4O3/c9-7(10)8(11,12)3-13-5(17)2-16-1-4(6(18)19)14-15-16/h1,7H,2-3H2,(H,13,17)(H,18,19). The number of nitrogens with one attached hydrogen (secondary N) is 1. The molecule has 1 aromatic heterocycles. The van der Waals surface area contributed by atoms with E-state index < -0.39 is 43.0 Å². The highest BCUT2D eigenvalue weighted by atomic mass is 19.3. The van der Waals surface area contributed by atoms with E-state index in [9.17, 15) is 27.2 Å². The number of aromatic nitrogens is 3. The Hall–Kier alpha value is -2.20. The van der Waals surface area contributed by atoms with Gasteiger partial charge in [-0.05, 0) is 0 Å². The first-order valence-corrected chi connectivity index (χ1v) is 4.78. The summed E-state index contributed by atoms with van der Waals surface area (Å²) >= 11 is 0. The molecule has 0 aliphatic rings.